The molecule has 2 rings (SSSR count). The molecule has 0 bridgehead atoms. The van der Waals surface area contributed by atoms with Gasteiger partial charge in [0.25, 0.3) is 0 Å². The van der Waals surface area contributed by atoms with Crippen molar-refractivity contribution < 1.29 is 4.74 Å². The lowest BCUT2D eigenvalue weighted by molar-refractivity contribution is 0.340. The number of rotatable bonds is 2. The number of nitrogens with zero attached hydrogens (tertiary/aromatic N) is 1. The van der Waals surface area contributed by atoms with Crippen molar-refractivity contribution in [2.75, 3.05) is 6.61 Å². The fourth-order valence-electron chi connectivity index (χ4n) is 1.62. The number of pyridine rings is 1. The third kappa shape index (κ3) is 1.73. The molecule has 3 nitrogen and oxygen atoms in total. The largest absolute Gasteiger partial charge is 0.494 e. The number of benzene rings is 1. The molecule has 0 aliphatic rings. The van der Waals surface area contributed by atoms with Crippen molar-refractivity contribution in [1.82, 2.24) is 4.57 Å². The molecule has 0 amide bonds. The molecule has 3 heteroatoms. The van der Waals surface area contributed by atoms with Gasteiger partial charge in [-0.2, -0.15) is 0 Å². The zero-order valence-corrected chi connectivity index (χ0v) is 8.86. The summed E-state index contributed by atoms with van der Waals surface area (Å²) in [6.45, 7) is 2.57. The van der Waals surface area contributed by atoms with E-state index in [1.165, 1.54) is 0 Å². The van der Waals surface area contributed by atoms with Crippen LogP contribution in [0.3, 0.4) is 0 Å². The van der Waals surface area contributed by atoms with Gasteiger partial charge < -0.3 is 9.30 Å². The maximum atomic E-state index is 11.5. The van der Waals surface area contributed by atoms with Gasteiger partial charge in [0.05, 0.1) is 12.1 Å². The molecule has 1 heterocycles. The van der Waals surface area contributed by atoms with Crippen molar-refractivity contribution in [3.05, 3.63) is 40.7 Å². The van der Waals surface area contributed by atoms with Gasteiger partial charge in [0.1, 0.15) is 5.75 Å². The minimum Gasteiger partial charge on any atom is -0.494 e. The van der Waals surface area contributed by atoms with Gasteiger partial charge in [0, 0.05) is 30.8 Å². The van der Waals surface area contributed by atoms with E-state index in [-0.39, 0.29) is 5.43 Å². The van der Waals surface area contributed by atoms with Gasteiger partial charge >= 0.3 is 0 Å². The van der Waals surface area contributed by atoms with Crippen LogP contribution in [-0.2, 0) is 7.05 Å². The zero-order valence-electron chi connectivity index (χ0n) is 8.86. The van der Waals surface area contributed by atoms with E-state index < -0.39 is 0 Å². The molecule has 15 heavy (non-hydrogen) atoms. The first kappa shape index (κ1) is 9.77. The molecule has 0 unspecified atom stereocenters. The van der Waals surface area contributed by atoms with Crippen LogP contribution in [0.5, 0.6) is 5.75 Å². The summed E-state index contributed by atoms with van der Waals surface area (Å²) in [4.78, 5) is 11.5. The Bertz CT molecular complexity index is 543. The molecule has 0 spiro atoms. The average Bonchev–Trinajstić information content (AvgIpc) is 2.24. The van der Waals surface area contributed by atoms with Crippen LogP contribution in [0.2, 0.25) is 0 Å². The molecule has 0 N–H and O–H groups in total. The van der Waals surface area contributed by atoms with E-state index in [2.05, 4.69) is 0 Å². The first-order chi connectivity index (χ1) is 7.22. The normalized spacial score (nSPS) is 10.5. The summed E-state index contributed by atoms with van der Waals surface area (Å²) in [5, 5.41) is 0.725. The predicted octanol–water partition coefficient (Wildman–Crippen LogP) is 1.94. The minimum atomic E-state index is 0.0474. The number of aromatic nitrogens is 1. The average molecular weight is 203 g/mol. The van der Waals surface area contributed by atoms with Gasteiger partial charge in [-0.1, -0.05) is 0 Å². The van der Waals surface area contributed by atoms with Crippen LogP contribution in [0.4, 0.5) is 0 Å². The Morgan fingerprint density at radius 2 is 2.13 bits per heavy atom. The van der Waals surface area contributed by atoms with E-state index in [4.69, 9.17) is 4.74 Å². The SMILES string of the molecule is CCOc1ccc2c(=O)ccn(C)c2c1. The van der Waals surface area contributed by atoms with Crippen LogP contribution in [0.15, 0.2) is 35.3 Å². The summed E-state index contributed by atoms with van der Waals surface area (Å²) in [6, 6.07) is 7.10. The smallest absolute Gasteiger partial charge is 0.189 e. The van der Waals surface area contributed by atoms with Crippen LogP contribution >= 0.6 is 0 Å². The van der Waals surface area contributed by atoms with E-state index in [0.29, 0.717) is 6.61 Å². The molecule has 0 radical (unpaired) electrons. The van der Waals surface area contributed by atoms with E-state index in [1.54, 1.807) is 12.3 Å². The highest BCUT2D eigenvalue weighted by atomic mass is 16.5. The van der Waals surface area contributed by atoms with E-state index in [9.17, 15) is 4.79 Å². The second-order valence-corrected chi connectivity index (χ2v) is 3.40. The van der Waals surface area contributed by atoms with Crippen molar-refractivity contribution in [3.8, 4) is 5.75 Å². The standard InChI is InChI=1S/C12H13NO2/c1-3-15-9-4-5-10-11(8-9)13(2)7-6-12(10)14/h4-8H,3H2,1-2H3. The number of aryl methyl sites for hydroxylation is 1. The first-order valence-corrected chi connectivity index (χ1v) is 4.94. The molecule has 1 aromatic heterocycles. The molecular formula is C12H13NO2. The fraction of sp³-hybridized carbons (Fsp3) is 0.250. The zero-order chi connectivity index (χ0) is 10.8. The van der Waals surface area contributed by atoms with Crippen molar-refractivity contribution >= 4 is 10.9 Å². The maximum absolute atomic E-state index is 11.5. The maximum Gasteiger partial charge on any atom is 0.189 e. The molecule has 0 saturated heterocycles. The minimum absolute atomic E-state index is 0.0474. The number of hydrogen-bond donors (Lipinski definition) is 0. The summed E-state index contributed by atoms with van der Waals surface area (Å²) < 4.78 is 7.31. The van der Waals surface area contributed by atoms with Crippen molar-refractivity contribution in [3.63, 3.8) is 0 Å². The lowest BCUT2D eigenvalue weighted by Crippen LogP contribution is -2.05. The first-order valence-electron chi connectivity index (χ1n) is 4.94. The second-order valence-electron chi connectivity index (χ2n) is 3.40. The molecule has 0 saturated carbocycles. The van der Waals surface area contributed by atoms with Crippen molar-refractivity contribution in [2.24, 2.45) is 7.05 Å². The summed E-state index contributed by atoms with van der Waals surface area (Å²) in [6.07, 6.45) is 1.76. The van der Waals surface area contributed by atoms with Crippen LogP contribution in [-0.4, -0.2) is 11.2 Å². The molecule has 0 aliphatic carbocycles. The highest BCUT2D eigenvalue weighted by molar-refractivity contribution is 5.80. The van der Waals surface area contributed by atoms with Gasteiger partial charge in [0.15, 0.2) is 5.43 Å². The van der Waals surface area contributed by atoms with Gasteiger partial charge in [0.2, 0.25) is 0 Å². The third-order valence-corrected chi connectivity index (χ3v) is 2.38. The highest BCUT2D eigenvalue weighted by Gasteiger charge is 2.01. The van der Waals surface area contributed by atoms with Gasteiger partial charge in [-0.05, 0) is 19.1 Å². The van der Waals surface area contributed by atoms with Crippen LogP contribution in [0, 0.1) is 0 Å². The molecule has 0 aliphatic heterocycles. The Balaban J connectivity index is 2.70. The number of hydrogen-bond acceptors (Lipinski definition) is 2. The topological polar surface area (TPSA) is 31.2 Å². The summed E-state index contributed by atoms with van der Waals surface area (Å²) in [5.74, 6) is 0.797. The Kier molecular flexibility index (Phi) is 2.46. The summed E-state index contributed by atoms with van der Waals surface area (Å²) >= 11 is 0. The van der Waals surface area contributed by atoms with Gasteiger partial charge in [-0.3, -0.25) is 4.79 Å². The third-order valence-electron chi connectivity index (χ3n) is 2.38. The lowest BCUT2D eigenvalue weighted by atomic mass is 10.2. The fourth-order valence-corrected chi connectivity index (χ4v) is 1.62. The molecule has 78 valence electrons. The molecule has 0 fully saturated rings. The van der Waals surface area contributed by atoms with Gasteiger partial charge in [-0.15, -0.1) is 0 Å². The molecule has 0 atom stereocenters. The van der Waals surface area contributed by atoms with Crippen LogP contribution in [0.25, 0.3) is 10.9 Å². The van der Waals surface area contributed by atoms with Crippen LogP contribution in [0.1, 0.15) is 6.92 Å². The van der Waals surface area contributed by atoms with E-state index in [1.807, 2.05) is 36.7 Å². The Morgan fingerprint density at radius 3 is 2.87 bits per heavy atom. The summed E-state index contributed by atoms with van der Waals surface area (Å²) in [7, 11) is 1.91. The quantitative estimate of drug-likeness (QED) is 0.746. The van der Waals surface area contributed by atoms with Gasteiger partial charge in [-0.25, -0.2) is 0 Å². The van der Waals surface area contributed by atoms with Crippen molar-refractivity contribution in [1.29, 1.82) is 0 Å². The molecular weight excluding hydrogens is 190 g/mol. The summed E-state index contributed by atoms with van der Waals surface area (Å²) in [5.41, 5.74) is 0.944. The Hall–Kier alpha value is -1.77. The van der Waals surface area contributed by atoms with Crippen LogP contribution < -0.4 is 10.2 Å². The lowest BCUT2D eigenvalue weighted by Gasteiger charge is -2.07. The number of fused-ring (bicyclic) bond motifs is 1. The van der Waals surface area contributed by atoms with Crippen molar-refractivity contribution in [2.45, 2.75) is 6.92 Å². The Labute approximate surface area is 87.9 Å². The second kappa shape index (κ2) is 3.77. The van der Waals surface area contributed by atoms with E-state index in [0.717, 1.165) is 16.7 Å². The highest BCUT2D eigenvalue weighted by Crippen LogP contribution is 2.17. The molecule has 1 aromatic carbocycles. The van der Waals surface area contributed by atoms with E-state index >= 15 is 0 Å². The predicted molar refractivity (Wildman–Crippen MR) is 60.4 cm³/mol. The molecule has 2 aromatic rings. The number of ether oxygens (including phenoxy) is 1. The Morgan fingerprint density at radius 1 is 1.33 bits per heavy atom. The monoisotopic (exact) mass is 203 g/mol.